The Morgan fingerprint density at radius 1 is 1.65 bits per heavy atom. The fraction of sp³-hybridized carbons (Fsp3) is 0.462. The number of nitrogens with one attached hydrogen (secondary N) is 1. The van der Waals surface area contributed by atoms with Crippen molar-refractivity contribution in [3.05, 3.63) is 34.5 Å². The molecule has 2 aromatic heterocycles. The average Bonchev–Trinajstić information content (AvgIpc) is 3.19. The first-order chi connectivity index (χ1) is 9.78. The van der Waals surface area contributed by atoms with Crippen LogP contribution in [-0.2, 0) is 11.3 Å². The van der Waals surface area contributed by atoms with Gasteiger partial charge >= 0.3 is 0 Å². The van der Waals surface area contributed by atoms with Crippen LogP contribution in [0.25, 0.3) is 0 Å². The van der Waals surface area contributed by atoms with Gasteiger partial charge in [0.2, 0.25) is 0 Å². The first kappa shape index (κ1) is 13.3. The smallest absolute Gasteiger partial charge is 0.271 e. The van der Waals surface area contributed by atoms with E-state index in [-0.39, 0.29) is 18.1 Å². The summed E-state index contributed by atoms with van der Waals surface area (Å²) in [5, 5.41) is 9.00. The summed E-state index contributed by atoms with van der Waals surface area (Å²) in [7, 11) is 0. The normalized spacial score (nSPS) is 22.1. The largest absolute Gasteiger partial charge is 0.371 e. The molecule has 2 aromatic rings. The van der Waals surface area contributed by atoms with Gasteiger partial charge in [-0.25, -0.2) is 4.98 Å². The molecule has 3 rings (SSSR count). The molecule has 1 aliphatic heterocycles. The van der Waals surface area contributed by atoms with Gasteiger partial charge in [0.15, 0.2) is 0 Å². The standard InChI is InChI=1S/C13H16N4O2S/c1-2-17-6-9(5-15-17)12-10(3-4-19-12)16-13(18)11-7-20-8-14-11/h5-8,10,12H,2-4H2,1H3,(H,16,18)/t10-,12+/m0/s1. The number of ether oxygens (including phenoxy) is 1. The van der Waals surface area contributed by atoms with E-state index in [9.17, 15) is 4.79 Å². The van der Waals surface area contributed by atoms with Gasteiger partial charge < -0.3 is 10.1 Å². The Morgan fingerprint density at radius 3 is 3.25 bits per heavy atom. The molecule has 1 aliphatic rings. The zero-order valence-corrected chi connectivity index (χ0v) is 12.0. The number of hydrogen-bond acceptors (Lipinski definition) is 5. The van der Waals surface area contributed by atoms with Crippen molar-refractivity contribution < 1.29 is 9.53 Å². The number of rotatable bonds is 4. The highest BCUT2D eigenvalue weighted by molar-refractivity contribution is 7.07. The molecule has 0 saturated carbocycles. The van der Waals surface area contributed by atoms with Crippen LogP contribution in [0.2, 0.25) is 0 Å². The lowest BCUT2D eigenvalue weighted by atomic mass is 10.1. The molecule has 0 unspecified atom stereocenters. The molecular formula is C13H16N4O2S. The van der Waals surface area contributed by atoms with Gasteiger partial charge in [-0.2, -0.15) is 5.10 Å². The van der Waals surface area contributed by atoms with Crippen LogP contribution in [0.15, 0.2) is 23.3 Å². The molecule has 1 fully saturated rings. The van der Waals surface area contributed by atoms with Crippen molar-refractivity contribution in [3.8, 4) is 0 Å². The summed E-state index contributed by atoms with van der Waals surface area (Å²) >= 11 is 1.41. The quantitative estimate of drug-likeness (QED) is 0.929. The second-order valence-electron chi connectivity index (χ2n) is 4.66. The van der Waals surface area contributed by atoms with Crippen LogP contribution in [0.3, 0.4) is 0 Å². The highest BCUT2D eigenvalue weighted by atomic mass is 32.1. The summed E-state index contributed by atoms with van der Waals surface area (Å²) in [6, 6.07) is -0.0290. The first-order valence-electron chi connectivity index (χ1n) is 6.61. The zero-order valence-electron chi connectivity index (χ0n) is 11.2. The van der Waals surface area contributed by atoms with E-state index in [0.717, 1.165) is 18.5 Å². The topological polar surface area (TPSA) is 69.0 Å². The maximum atomic E-state index is 12.1. The number of thiazole rings is 1. The lowest BCUT2D eigenvalue weighted by Crippen LogP contribution is -2.36. The maximum Gasteiger partial charge on any atom is 0.271 e. The molecule has 1 amide bonds. The van der Waals surface area contributed by atoms with Crippen molar-refractivity contribution in [1.82, 2.24) is 20.1 Å². The average molecular weight is 292 g/mol. The van der Waals surface area contributed by atoms with Gasteiger partial charge in [-0.15, -0.1) is 11.3 Å². The maximum absolute atomic E-state index is 12.1. The van der Waals surface area contributed by atoms with E-state index in [1.54, 1.807) is 10.9 Å². The molecule has 0 aromatic carbocycles. The summed E-state index contributed by atoms with van der Waals surface area (Å²) in [4.78, 5) is 16.1. The minimum atomic E-state index is -0.144. The molecule has 3 heterocycles. The molecule has 20 heavy (non-hydrogen) atoms. The fourth-order valence-electron chi connectivity index (χ4n) is 2.33. The molecule has 0 bridgehead atoms. The lowest BCUT2D eigenvalue weighted by Gasteiger charge is -2.18. The van der Waals surface area contributed by atoms with Crippen LogP contribution in [-0.4, -0.2) is 33.3 Å². The summed E-state index contributed by atoms with van der Waals surface area (Å²) < 4.78 is 7.60. The number of carbonyl (C=O) groups excluding carboxylic acids is 1. The van der Waals surface area contributed by atoms with Crippen LogP contribution in [0.4, 0.5) is 0 Å². The van der Waals surface area contributed by atoms with Crippen molar-refractivity contribution in [3.63, 3.8) is 0 Å². The minimum Gasteiger partial charge on any atom is -0.371 e. The van der Waals surface area contributed by atoms with Crippen molar-refractivity contribution in [2.24, 2.45) is 0 Å². The monoisotopic (exact) mass is 292 g/mol. The second-order valence-corrected chi connectivity index (χ2v) is 5.38. The van der Waals surface area contributed by atoms with E-state index in [1.807, 2.05) is 24.0 Å². The Kier molecular flexibility index (Phi) is 3.79. The molecule has 1 saturated heterocycles. The molecule has 1 N–H and O–H groups in total. The van der Waals surface area contributed by atoms with Gasteiger partial charge in [0.05, 0.1) is 17.7 Å². The highest BCUT2D eigenvalue weighted by Gasteiger charge is 2.32. The molecule has 7 heteroatoms. The van der Waals surface area contributed by atoms with Crippen LogP contribution >= 0.6 is 11.3 Å². The summed E-state index contributed by atoms with van der Waals surface area (Å²) in [6.07, 6.45) is 4.45. The number of hydrogen-bond donors (Lipinski definition) is 1. The van der Waals surface area contributed by atoms with Crippen LogP contribution < -0.4 is 5.32 Å². The van der Waals surface area contributed by atoms with Gasteiger partial charge in [-0.1, -0.05) is 0 Å². The minimum absolute atomic E-state index is 0.0290. The van der Waals surface area contributed by atoms with Crippen molar-refractivity contribution >= 4 is 17.2 Å². The van der Waals surface area contributed by atoms with Crippen molar-refractivity contribution in [2.75, 3.05) is 6.61 Å². The van der Waals surface area contributed by atoms with Gasteiger partial charge in [0.1, 0.15) is 11.8 Å². The molecule has 2 atom stereocenters. The molecule has 106 valence electrons. The molecule has 6 nitrogen and oxygen atoms in total. The number of nitrogens with zero attached hydrogens (tertiary/aromatic N) is 3. The van der Waals surface area contributed by atoms with Crippen molar-refractivity contribution in [1.29, 1.82) is 0 Å². The van der Waals surface area contributed by atoms with Crippen LogP contribution in [0, 0.1) is 0 Å². The van der Waals surface area contributed by atoms with Gasteiger partial charge in [0.25, 0.3) is 5.91 Å². The van der Waals surface area contributed by atoms with Crippen LogP contribution in [0.1, 0.15) is 35.5 Å². The summed E-state index contributed by atoms with van der Waals surface area (Å²) in [6.45, 7) is 3.50. The Hall–Kier alpha value is -1.73. The van der Waals surface area contributed by atoms with Gasteiger partial charge in [-0.05, 0) is 13.3 Å². The SMILES string of the molecule is CCn1cc([C@H]2OCC[C@@H]2NC(=O)c2cscn2)cn1. The predicted molar refractivity (Wildman–Crippen MR) is 74.6 cm³/mol. The molecular weight excluding hydrogens is 276 g/mol. The molecule has 0 aliphatic carbocycles. The number of carbonyl (C=O) groups is 1. The predicted octanol–water partition coefficient (Wildman–Crippen LogP) is 1.62. The Morgan fingerprint density at radius 2 is 2.55 bits per heavy atom. The number of amides is 1. The van der Waals surface area contributed by atoms with E-state index < -0.39 is 0 Å². The number of aryl methyl sites for hydroxylation is 1. The Labute approximate surface area is 120 Å². The molecule has 0 spiro atoms. The zero-order chi connectivity index (χ0) is 13.9. The van der Waals surface area contributed by atoms with Gasteiger partial charge in [-0.3, -0.25) is 9.48 Å². The summed E-state index contributed by atoms with van der Waals surface area (Å²) in [5.41, 5.74) is 3.13. The van der Waals surface area contributed by atoms with E-state index in [0.29, 0.717) is 12.3 Å². The Bertz CT molecular complexity index is 581. The fourth-order valence-corrected chi connectivity index (χ4v) is 2.86. The van der Waals surface area contributed by atoms with E-state index in [4.69, 9.17) is 4.74 Å². The molecule has 0 radical (unpaired) electrons. The highest BCUT2D eigenvalue weighted by Crippen LogP contribution is 2.29. The third kappa shape index (κ3) is 2.59. The second kappa shape index (κ2) is 5.72. The first-order valence-corrected chi connectivity index (χ1v) is 7.55. The Balaban J connectivity index is 1.71. The van der Waals surface area contributed by atoms with E-state index >= 15 is 0 Å². The van der Waals surface area contributed by atoms with E-state index in [2.05, 4.69) is 15.4 Å². The van der Waals surface area contributed by atoms with E-state index in [1.165, 1.54) is 11.3 Å². The van der Waals surface area contributed by atoms with Crippen LogP contribution in [0.5, 0.6) is 0 Å². The van der Waals surface area contributed by atoms with Gasteiger partial charge in [0, 0.05) is 30.3 Å². The lowest BCUT2D eigenvalue weighted by molar-refractivity contribution is 0.0818. The van der Waals surface area contributed by atoms with Crippen molar-refractivity contribution in [2.45, 2.75) is 32.0 Å². The number of aromatic nitrogens is 3. The third-order valence-corrected chi connectivity index (χ3v) is 3.97. The summed E-state index contributed by atoms with van der Waals surface area (Å²) in [5.74, 6) is -0.144. The third-order valence-electron chi connectivity index (χ3n) is 3.38.